The molecule has 0 atom stereocenters. The SMILES string of the molecule is CCCCCCOc1ccc(/N=C/c2ccc([N+](=O)[O-])cc2)cc1. The second-order valence-electron chi connectivity index (χ2n) is 5.51. The van der Waals surface area contributed by atoms with E-state index in [-0.39, 0.29) is 5.69 Å². The average Bonchev–Trinajstić information content (AvgIpc) is 2.61. The Balaban J connectivity index is 1.85. The molecule has 24 heavy (non-hydrogen) atoms. The van der Waals surface area contributed by atoms with Gasteiger partial charge >= 0.3 is 0 Å². The highest BCUT2D eigenvalue weighted by molar-refractivity contribution is 5.82. The maximum absolute atomic E-state index is 10.6. The van der Waals surface area contributed by atoms with Gasteiger partial charge in [0.05, 0.1) is 17.2 Å². The van der Waals surface area contributed by atoms with Gasteiger partial charge in [0.15, 0.2) is 0 Å². The van der Waals surface area contributed by atoms with Crippen LogP contribution in [0.1, 0.15) is 38.2 Å². The van der Waals surface area contributed by atoms with Crippen LogP contribution in [0.3, 0.4) is 0 Å². The summed E-state index contributed by atoms with van der Waals surface area (Å²) in [5, 5.41) is 10.6. The molecule has 0 aliphatic rings. The van der Waals surface area contributed by atoms with Crippen LogP contribution in [0.25, 0.3) is 0 Å². The van der Waals surface area contributed by atoms with E-state index in [1.165, 1.54) is 31.4 Å². The predicted molar refractivity (Wildman–Crippen MR) is 96.4 cm³/mol. The van der Waals surface area contributed by atoms with Gasteiger partial charge in [-0.25, -0.2) is 0 Å². The fraction of sp³-hybridized carbons (Fsp3) is 0.316. The van der Waals surface area contributed by atoms with Gasteiger partial charge in [0.1, 0.15) is 5.75 Å². The molecule has 0 saturated carbocycles. The molecule has 2 aromatic rings. The number of rotatable bonds is 9. The first kappa shape index (κ1) is 17.7. The molecule has 0 unspecified atom stereocenters. The summed E-state index contributed by atoms with van der Waals surface area (Å²) in [7, 11) is 0. The Kier molecular flexibility index (Phi) is 6.95. The van der Waals surface area contributed by atoms with E-state index in [9.17, 15) is 10.1 Å². The molecule has 0 amide bonds. The molecular formula is C19H22N2O3. The fourth-order valence-electron chi connectivity index (χ4n) is 2.18. The van der Waals surface area contributed by atoms with Crippen molar-refractivity contribution in [1.29, 1.82) is 0 Å². The molecule has 0 radical (unpaired) electrons. The fourth-order valence-corrected chi connectivity index (χ4v) is 2.18. The number of aliphatic imine (C=N–C) groups is 1. The third-order valence-electron chi connectivity index (χ3n) is 3.57. The minimum atomic E-state index is -0.415. The average molecular weight is 326 g/mol. The number of hydrogen-bond donors (Lipinski definition) is 0. The van der Waals surface area contributed by atoms with Crippen molar-refractivity contribution >= 4 is 17.6 Å². The number of unbranched alkanes of at least 4 members (excludes halogenated alkanes) is 3. The lowest BCUT2D eigenvalue weighted by molar-refractivity contribution is -0.384. The smallest absolute Gasteiger partial charge is 0.269 e. The molecule has 0 fully saturated rings. The van der Waals surface area contributed by atoms with Gasteiger partial charge in [-0.2, -0.15) is 0 Å². The maximum Gasteiger partial charge on any atom is 0.269 e. The number of non-ortho nitro benzene ring substituents is 1. The van der Waals surface area contributed by atoms with Gasteiger partial charge in [0.25, 0.3) is 5.69 Å². The van der Waals surface area contributed by atoms with Crippen molar-refractivity contribution in [2.45, 2.75) is 32.6 Å². The van der Waals surface area contributed by atoms with Crippen LogP contribution in [0.4, 0.5) is 11.4 Å². The molecule has 0 aromatic heterocycles. The molecule has 0 aliphatic carbocycles. The summed E-state index contributed by atoms with van der Waals surface area (Å²) in [6.07, 6.45) is 6.44. The largest absolute Gasteiger partial charge is 0.494 e. The van der Waals surface area contributed by atoms with Crippen LogP contribution < -0.4 is 4.74 Å². The van der Waals surface area contributed by atoms with E-state index < -0.39 is 4.92 Å². The zero-order valence-corrected chi connectivity index (χ0v) is 13.9. The topological polar surface area (TPSA) is 64.7 Å². The monoisotopic (exact) mass is 326 g/mol. The minimum absolute atomic E-state index is 0.0765. The lowest BCUT2D eigenvalue weighted by atomic mass is 10.2. The van der Waals surface area contributed by atoms with Gasteiger partial charge in [-0.3, -0.25) is 15.1 Å². The highest BCUT2D eigenvalue weighted by Crippen LogP contribution is 2.19. The molecule has 5 nitrogen and oxygen atoms in total. The predicted octanol–water partition coefficient (Wildman–Crippen LogP) is 5.30. The van der Waals surface area contributed by atoms with Crippen molar-refractivity contribution in [2.75, 3.05) is 6.61 Å². The van der Waals surface area contributed by atoms with Gasteiger partial charge in [-0.1, -0.05) is 26.2 Å². The summed E-state index contributed by atoms with van der Waals surface area (Å²) >= 11 is 0. The molecule has 0 bridgehead atoms. The van der Waals surface area contributed by atoms with Crippen molar-refractivity contribution in [3.8, 4) is 5.75 Å². The summed E-state index contributed by atoms with van der Waals surface area (Å²) in [5.74, 6) is 0.848. The Morgan fingerprint density at radius 3 is 2.38 bits per heavy atom. The van der Waals surface area contributed by atoms with Crippen LogP contribution in [0, 0.1) is 10.1 Å². The number of nitro groups is 1. The number of ether oxygens (including phenoxy) is 1. The van der Waals surface area contributed by atoms with Crippen LogP contribution in [-0.2, 0) is 0 Å². The second kappa shape index (κ2) is 9.45. The molecule has 0 spiro atoms. The minimum Gasteiger partial charge on any atom is -0.494 e. The van der Waals surface area contributed by atoms with Crippen molar-refractivity contribution in [1.82, 2.24) is 0 Å². The third kappa shape index (κ3) is 5.83. The standard InChI is InChI=1S/C19H22N2O3/c1-2-3-4-5-14-24-19-12-8-17(9-13-19)20-15-16-6-10-18(11-7-16)21(22)23/h6-13,15H,2-5,14H2,1H3/b20-15+. The first-order valence-electron chi connectivity index (χ1n) is 8.20. The number of benzene rings is 2. The number of nitrogens with zero attached hydrogens (tertiary/aromatic N) is 2. The molecule has 0 heterocycles. The maximum atomic E-state index is 10.6. The summed E-state index contributed by atoms with van der Waals surface area (Å²) in [4.78, 5) is 14.6. The van der Waals surface area contributed by atoms with Gasteiger partial charge in [-0.05, 0) is 48.4 Å². The number of hydrogen-bond acceptors (Lipinski definition) is 4. The summed E-state index contributed by atoms with van der Waals surface area (Å²) in [6, 6.07) is 13.9. The molecule has 0 N–H and O–H groups in total. The van der Waals surface area contributed by atoms with E-state index in [2.05, 4.69) is 11.9 Å². The van der Waals surface area contributed by atoms with Gasteiger partial charge in [0, 0.05) is 18.3 Å². The first-order chi connectivity index (χ1) is 11.7. The molecule has 0 saturated heterocycles. The zero-order valence-electron chi connectivity index (χ0n) is 13.9. The first-order valence-corrected chi connectivity index (χ1v) is 8.20. The van der Waals surface area contributed by atoms with Gasteiger partial charge < -0.3 is 4.74 Å². The highest BCUT2D eigenvalue weighted by atomic mass is 16.6. The van der Waals surface area contributed by atoms with Crippen LogP contribution >= 0.6 is 0 Å². The highest BCUT2D eigenvalue weighted by Gasteiger charge is 2.02. The molecular weight excluding hydrogens is 304 g/mol. The lowest BCUT2D eigenvalue weighted by Crippen LogP contribution is -1.96. The van der Waals surface area contributed by atoms with E-state index in [0.717, 1.165) is 30.0 Å². The Bertz CT molecular complexity index is 664. The molecule has 5 heteroatoms. The van der Waals surface area contributed by atoms with Crippen molar-refractivity contribution < 1.29 is 9.66 Å². The van der Waals surface area contributed by atoms with E-state index >= 15 is 0 Å². The third-order valence-corrected chi connectivity index (χ3v) is 3.57. The summed E-state index contributed by atoms with van der Waals surface area (Å²) < 4.78 is 5.69. The van der Waals surface area contributed by atoms with Crippen molar-refractivity contribution in [2.24, 2.45) is 4.99 Å². The molecule has 0 aliphatic heterocycles. The van der Waals surface area contributed by atoms with E-state index in [1.54, 1.807) is 18.3 Å². The quantitative estimate of drug-likeness (QED) is 0.272. The Morgan fingerprint density at radius 2 is 1.75 bits per heavy atom. The molecule has 2 aromatic carbocycles. The van der Waals surface area contributed by atoms with Crippen LogP contribution in [0.5, 0.6) is 5.75 Å². The Hall–Kier alpha value is -2.69. The van der Waals surface area contributed by atoms with Crippen LogP contribution in [0.2, 0.25) is 0 Å². The van der Waals surface area contributed by atoms with E-state index in [4.69, 9.17) is 4.74 Å². The Morgan fingerprint density at radius 1 is 1.04 bits per heavy atom. The van der Waals surface area contributed by atoms with Gasteiger partial charge in [-0.15, -0.1) is 0 Å². The van der Waals surface area contributed by atoms with Gasteiger partial charge in [0.2, 0.25) is 0 Å². The summed E-state index contributed by atoms with van der Waals surface area (Å²) in [6.45, 7) is 2.93. The second-order valence-corrected chi connectivity index (χ2v) is 5.51. The Labute approximate surface area is 142 Å². The normalized spacial score (nSPS) is 10.9. The summed E-state index contributed by atoms with van der Waals surface area (Å²) in [5.41, 5.74) is 1.70. The molecule has 126 valence electrons. The van der Waals surface area contributed by atoms with E-state index in [1.807, 2.05) is 24.3 Å². The lowest BCUT2D eigenvalue weighted by Gasteiger charge is -2.05. The van der Waals surface area contributed by atoms with E-state index in [0.29, 0.717) is 0 Å². The van der Waals surface area contributed by atoms with Crippen molar-refractivity contribution in [3.63, 3.8) is 0 Å². The molecule has 2 rings (SSSR count). The number of nitro benzene ring substituents is 1. The zero-order chi connectivity index (χ0) is 17.2. The van der Waals surface area contributed by atoms with Crippen molar-refractivity contribution in [3.05, 3.63) is 64.2 Å². The van der Waals surface area contributed by atoms with Crippen LogP contribution in [0.15, 0.2) is 53.5 Å². The van der Waals surface area contributed by atoms with Crippen LogP contribution in [-0.4, -0.2) is 17.7 Å².